The second kappa shape index (κ2) is 5.14. The van der Waals surface area contributed by atoms with Crippen LogP contribution >= 0.6 is 15.9 Å². The van der Waals surface area contributed by atoms with Crippen LogP contribution in [0.3, 0.4) is 0 Å². The zero-order chi connectivity index (χ0) is 12.3. The Morgan fingerprint density at radius 3 is 2.82 bits per heavy atom. The van der Waals surface area contributed by atoms with Crippen molar-refractivity contribution in [1.82, 2.24) is 9.78 Å². The molecule has 0 aliphatic heterocycles. The van der Waals surface area contributed by atoms with Gasteiger partial charge in [-0.15, -0.1) is 0 Å². The first-order valence-electron chi connectivity index (χ1n) is 5.22. The molecule has 1 heterocycles. The van der Waals surface area contributed by atoms with Gasteiger partial charge in [0.05, 0.1) is 16.2 Å². The summed E-state index contributed by atoms with van der Waals surface area (Å²) in [5.41, 5.74) is 1.59. The average Bonchev–Trinajstić information content (AvgIpc) is 2.83. The van der Waals surface area contributed by atoms with E-state index in [1.807, 2.05) is 36.5 Å². The Hall–Kier alpha value is -1.62. The zero-order valence-electron chi connectivity index (χ0n) is 9.30. The molecule has 1 aromatic heterocycles. The third-order valence-corrected chi connectivity index (χ3v) is 2.69. The van der Waals surface area contributed by atoms with Crippen molar-refractivity contribution in [2.45, 2.75) is 11.8 Å². The highest BCUT2D eigenvalue weighted by Crippen LogP contribution is 2.19. The van der Waals surface area contributed by atoms with Crippen molar-refractivity contribution in [3.05, 3.63) is 42.7 Å². The van der Waals surface area contributed by atoms with E-state index >= 15 is 0 Å². The number of benzene rings is 1. The highest BCUT2D eigenvalue weighted by atomic mass is 79.9. The minimum atomic E-state index is -0.229. The van der Waals surface area contributed by atoms with Crippen LogP contribution in [-0.2, 0) is 4.79 Å². The fraction of sp³-hybridized carbons (Fsp3) is 0.167. The molecule has 1 atom stereocenters. The molecule has 0 saturated heterocycles. The summed E-state index contributed by atoms with van der Waals surface area (Å²) in [6.45, 7) is 1.78. The van der Waals surface area contributed by atoms with Gasteiger partial charge in [0.15, 0.2) is 0 Å². The number of carbonyl (C=O) groups is 1. The topological polar surface area (TPSA) is 46.9 Å². The number of nitrogens with zero attached hydrogens (tertiary/aromatic N) is 2. The summed E-state index contributed by atoms with van der Waals surface area (Å²) in [5.74, 6) is -0.0791. The molecule has 0 spiro atoms. The van der Waals surface area contributed by atoms with E-state index in [1.165, 1.54) is 0 Å². The molecule has 1 aromatic carbocycles. The van der Waals surface area contributed by atoms with Crippen LogP contribution in [0.2, 0.25) is 0 Å². The van der Waals surface area contributed by atoms with Gasteiger partial charge >= 0.3 is 0 Å². The molecular formula is C12H12BrN3O. The van der Waals surface area contributed by atoms with Crippen LogP contribution in [0.1, 0.15) is 6.92 Å². The standard InChI is InChI=1S/C12H12BrN3O/c1-9(13)12(17)15-10-5-2-3-6-11(10)16-8-4-7-14-16/h2-9H,1H3,(H,15,17). The number of rotatable bonds is 3. The molecule has 88 valence electrons. The summed E-state index contributed by atoms with van der Waals surface area (Å²) < 4.78 is 1.72. The molecule has 1 unspecified atom stereocenters. The lowest BCUT2D eigenvalue weighted by Crippen LogP contribution is -2.20. The van der Waals surface area contributed by atoms with E-state index in [0.717, 1.165) is 11.4 Å². The molecule has 0 aliphatic rings. The van der Waals surface area contributed by atoms with Crippen molar-refractivity contribution in [3.63, 3.8) is 0 Å². The first-order valence-corrected chi connectivity index (χ1v) is 6.14. The van der Waals surface area contributed by atoms with Crippen LogP contribution in [0.25, 0.3) is 5.69 Å². The van der Waals surface area contributed by atoms with Crippen LogP contribution < -0.4 is 5.32 Å². The summed E-state index contributed by atoms with van der Waals surface area (Å²) in [6, 6.07) is 9.38. The molecule has 0 radical (unpaired) electrons. The van der Waals surface area contributed by atoms with Gasteiger partial charge in [-0.3, -0.25) is 4.79 Å². The highest BCUT2D eigenvalue weighted by molar-refractivity contribution is 9.10. The lowest BCUT2D eigenvalue weighted by Gasteiger charge is -2.11. The van der Waals surface area contributed by atoms with Crippen LogP contribution in [-0.4, -0.2) is 20.5 Å². The van der Waals surface area contributed by atoms with Gasteiger partial charge < -0.3 is 5.32 Å². The number of halogens is 1. The Morgan fingerprint density at radius 2 is 2.18 bits per heavy atom. The summed E-state index contributed by atoms with van der Waals surface area (Å²) in [4.78, 5) is 11.4. The number of hydrogen-bond acceptors (Lipinski definition) is 2. The maximum atomic E-state index is 11.6. The van der Waals surface area contributed by atoms with Gasteiger partial charge in [-0.2, -0.15) is 5.10 Å². The van der Waals surface area contributed by atoms with Crippen LogP contribution in [0, 0.1) is 0 Å². The number of hydrogen-bond donors (Lipinski definition) is 1. The summed E-state index contributed by atoms with van der Waals surface area (Å²) in [5, 5.41) is 7.00. The van der Waals surface area contributed by atoms with E-state index < -0.39 is 0 Å². The van der Waals surface area contributed by atoms with Crippen molar-refractivity contribution in [2.24, 2.45) is 0 Å². The second-order valence-corrected chi connectivity index (χ2v) is 4.95. The molecule has 4 nitrogen and oxygen atoms in total. The summed E-state index contributed by atoms with van der Waals surface area (Å²) in [7, 11) is 0. The molecule has 1 N–H and O–H groups in total. The molecule has 0 aliphatic carbocycles. The number of anilines is 1. The molecule has 2 aromatic rings. The lowest BCUT2D eigenvalue weighted by molar-refractivity contribution is -0.115. The quantitative estimate of drug-likeness (QED) is 0.884. The average molecular weight is 294 g/mol. The van der Waals surface area contributed by atoms with Crippen LogP contribution in [0.4, 0.5) is 5.69 Å². The van der Waals surface area contributed by atoms with Gasteiger partial charge in [-0.25, -0.2) is 4.68 Å². The number of nitrogens with one attached hydrogen (secondary N) is 1. The van der Waals surface area contributed by atoms with Crippen LogP contribution in [0.15, 0.2) is 42.7 Å². The summed E-state index contributed by atoms with van der Waals surface area (Å²) >= 11 is 3.24. The second-order valence-electron chi connectivity index (χ2n) is 3.57. The third kappa shape index (κ3) is 2.74. The Morgan fingerprint density at radius 1 is 1.41 bits per heavy atom. The van der Waals surface area contributed by atoms with Crippen molar-refractivity contribution in [3.8, 4) is 5.69 Å². The summed E-state index contributed by atoms with van der Waals surface area (Å²) in [6.07, 6.45) is 3.54. The van der Waals surface area contributed by atoms with Crippen LogP contribution in [0.5, 0.6) is 0 Å². The number of para-hydroxylation sites is 2. The maximum Gasteiger partial charge on any atom is 0.237 e. The van der Waals surface area contributed by atoms with Gasteiger partial charge in [0, 0.05) is 12.4 Å². The predicted molar refractivity (Wildman–Crippen MR) is 70.6 cm³/mol. The maximum absolute atomic E-state index is 11.6. The predicted octanol–water partition coefficient (Wildman–Crippen LogP) is 2.59. The molecule has 1 amide bonds. The van der Waals surface area contributed by atoms with Gasteiger partial charge in [0.1, 0.15) is 0 Å². The first-order chi connectivity index (χ1) is 8.18. The molecular weight excluding hydrogens is 282 g/mol. The zero-order valence-corrected chi connectivity index (χ0v) is 10.9. The fourth-order valence-corrected chi connectivity index (χ4v) is 1.54. The van der Waals surface area contributed by atoms with E-state index in [0.29, 0.717) is 0 Å². The normalized spacial score (nSPS) is 12.1. The van der Waals surface area contributed by atoms with E-state index in [9.17, 15) is 4.79 Å². The van der Waals surface area contributed by atoms with E-state index in [2.05, 4.69) is 26.3 Å². The number of carbonyl (C=O) groups excluding carboxylic acids is 1. The number of aromatic nitrogens is 2. The third-order valence-electron chi connectivity index (χ3n) is 2.27. The molecule has 0 bridgehead atoms. The minimum Gasteiger partial charge on any atom is -0.323 e. The monoisotopic (exact) mass is 293 g/mol. The van der Waals surface area contributed by atoms with Crippen molar-refractivity contribution in [2.75, 3.05) is 5.32 Å². The SMILES string of the molecule is CC(Br)C(=O)Nc1ccccc1-n1cccn1. The Balaban J connectivity index is 2.32. The minimum absolute atomic E-state index is 0.0791. The smallest absolute Gasteiger partial charge is 0.237 e. The Bertz CT molecular complexity index is 508. The highest BCUT2D eigenvalue weighted by Gasteiger charge is 2.11. The van der Waals surface area contributed by atoms with Crippen molar-refractivity contribution in [1.29, 1.82) is 0 Å². The number of amides is 1. The van der Waals surface area contributed by atoms with E-state index in [-0.39, 0.29) is 10.7 Å². The number of alkyl halides is 1. The largest absolute Gasteiger partial charge is 0.323 e. The van der Waals surface area contributed by atoms with Gasteiger partial charge in [0.2, 0.25) is 5.91 Å². The molecule has 17 heavy (non-hydrogen) atoms. The fourth-order valence-electron chi connectivity index (χ4n) is 1.42. The Labute approximate surface area is 108 Å². The molecule has 5 heteroatoms. The molecule has 0 fully saturated rings. The van der Waals surface area contributed by atoms with E-state index in [4.69, 9.17) is 0 Å². The van der Waals surface area contributed by atoms with Gasteiger partial charge in [-0.05, 0) is 25.1 Å². The van der Waals surface area contributed by atoms with Gasteiger partial charge in [-0.1, -0.05) is 28.1 Å². The van der Waals surface area contributed by atoms with Crippen molar-refractivity contribution >= 4 is 27.5 Å². The lowest BCUT2D eigenvalue weighted by atomic mass is 10.2. The molecule has 0 saturated carbocycles. The first kappa shape index (κ1) is 11.9. The van der Waals surface area contributed by atoms with Crippen molar-refractivity contribution < 1.29 is 4.79 Å². The molecule has 2 rings (SSSR count). The Kier molecular flexibility index (Phi) is 3.58. The van der Waals surface area contributed by atoms with Gasteiger partial charge in [0.25, 0.3) is 0 Å². The van der Waals surface area contributed by atoms with E-state index in [1.54, 1.807) is 17.8 Å².